The molecule has 0 unspecified atom stereocenters. The van der Waals surface area contributed by atoms with Gasteiger partial charge in [0, 0.05) is 0 Å². The van der Waals surface area contributed by atoms with E-state index in [1.165, 1.54) is 38.5 Å². The third-order valence-corrected chi connectivity index (χ3v) is 13.9. The van der Waals surface area contributed by atoms with Crippen LogP contribution in [-0.2, 0) is 0 Å². The van der Waals surface area contributed by atoms with E-state index in [2.05, 4.69) is 13.8 Å². The molecule has 0 aliphatic carbocycles. The van der Waals surface area contributed by atoms with Crippen molar-refractivity contribution < 1.29 is 4.39 Å². The summed E-state index contributed by atoms with van der Waals surface area (Å²) in [5.41, 5.74) is 0. The Bertz CT molecular complexity index is 120. The Morgan fingerprint density at radius 3 is 1.69 bits per heavy atom. The zero-order valence-corrected chi connectivity index (χ0v) is 14.7. The first kappa shape index (κ1) is 16.7. The number of alkyl halides is 1. The Balaban J connectivity index is 3.48. The first-order valence-electron chi connectivity index (χ1n) is 7.41. The quantitative estimate of drug-likeness (QED) is 0.333. The van der Waals surface area contributed by atoms with Crippen molar-refractivity contribution >= 4 is 19.8 Å². The van der Waals surface area contributed by atoms with Gasteiger partial charge in [0.25, 0.3) is 0 Å². The van der Waals surface area contributed by atoms with Gasteiger partial charge in [-0.3, -0.25) is 0 Å². The van der Waals surface area contributed by atoms with Crippen LogP contribution in [0.25, 0.3) is 0 Å². The van der Waals surface area contributed by atoms with Crippen LogP contribution in [0.15, 0.2) is 0 Å². The molecule has 0 radical (unpaired) electrons. The van der Waals surface area contributed by atoms with Crippen molar-refractivity contribution in [1.82, 2.24) is 0 Å². The molecule has 0 amide bonds. The summed E-state index contributed by atoms with van der Waals surface area (Å²) in [5.74, 6) is 0. The summed E-state index contributed by atoms with van der Waals surface area (Å²) in [6.07, 6.45) is 10.3. The molecule has 98 valence electrons. The van der Waals surface area contributed by atoms with E-state index in [0.29, 0.717) is 0 Å². The molecule has 0 saturated carbocycles. The van der Waals surface area contributed by atoms with E-state index >= 15 is 0 Å². The van der Waals surface area contributed by atoms with Crippen LogP contribution >= 0.6 is 0 Å². The molecular weight excluding hydrogens is 306 g/mol. The molecule has 16 heavy (non-hydrogen) atoms. The predicted octanol–water partition coefficient (Wildman–Crippen LogP) is 5.34. The van der Waals surface area contributed by atoms with Crippen molar-refractivity contribution in [2.45, 2.75) is 78.5 Å². The molecule has 0 aliphatic heterocycles. The maximum absolute atomic E-state index is 11.9. The number of halogens is 1. The topological polar surface area (TPSA) is 0 Å². The number of unbranched alkanes of at least 4 members (excludes halogenated alkanes) is 5. The van der Waals surface area contributed by atoms with Crippen LogP contribution in [0.3, 0.4) is 0 Å². The molecule has 0 aromatic carbocycles. The van der Waals surface area contributed by atoms with E-state index in [0.717, 1.165) is 12.8 Å². The molecule has 0 spiro atoms. The summed E-state index contributed by atoms with van der Waals surface area (Å²) < 4.78 is 16.8. The Kier molecular flexibility index (Phi) is 14.4. The normalized spacial score (nSPS) is 11.2. The van der Waals surface area contributed by atoms with Crippen LogP contribution in [0.1, 0.15) is 65.2 Å². The fourth-order valence-electron chi connectivity index (χ4n) is 2.30. The van der Waals surface area contributed by atoms with Crippen molar-refractivity contribution in [2.24, 2.45) is 0 Å². The zero-order valence-electron chi connectivity index (χ0n) is 11.4. The predicted molar refractivity (Wildman–Crippen MR) is 75.8 cm³/mol. The van der Waals surface area contributed by atoms with Gasteiger partial charge in [-0.15, -0.1) is 0 Å². The summed E-state index contributed by atoms with van der Waals surface area (Å²) in [6.45, 7) is 4.51. The number of hydrogen-bond acceptors (Lipinski definition) is 0. The maximum atomic E-state index is 11.9. The molecule has 0 nitrogen and oxygen atoms in total. The van der Waals surface area contributed by atoms with Gasteiger partial charge < -0.3 is 0 Å². The summed E-state index contributed by atoms with van der Waals surface area (Å²) in [6, 6.07) is 0. The summed E-state index contributed by atoms with van der Waals surface area (Å²) >= 11 is -1.11. The molecule has 2 heteroatoms. The van der Waals surface area contributed by atoms with Gasteiger partial charge in [0.15, 0.2) is 0 Å². The van der Waals surface area contributed by atoms with E-state index in [1.54, 1.807) is 13.3 Å². The van der Waals surface area contributed by atoms with Gasteiger partial charge in [-0.05, 0) is 0 Å². The van der Waals surface area contributed by atoms with E-state index in [-0.39, 0.29) is 6.67 Å². The average molecular weight is 337 g/mol. The van der Waals surface area contributed by atoms with Crippen molar-refractivity contribution in [3.05, 3.63) is 0 Å². The molecule has 0 aliphatic rings. The molecule has 0 fully saturated rings. The molecule has 0 aromatic rings. The minimum absolute atomic E-state index is 0.113. The summed E-state index contributed by atoms with van der Waals surface area (Å²) in [4.78, 5) is 0. The van der Waals surface area contributed by atoms with E-state index < -0.39 is 19.8 Å². The van der Waals surface area contributed by atoms with Crippen molar-refractivity contribution in [2.75, 3.05) is 6.67 Å². The number of rotatable bonds is 12. The van der Waals surface area contributed by atoms with Crippen molar-refractivity contribution in [1.29, 1.82) is 0 Å². The van der Waals surface area contributed by atoms with Crippen molar-refractivity contribution in [3.63, 3.8) is 0 Å². The summed E-state index contributed by atoms with van der Waals surface area (Å²) in [7, 11) is 0. The minimum atomic E-state index is -1.11. The van der Waals surface area contributed by atoms with Gasteiger partial charge in [0.1, 0.15) is 0 Å². The molecule has 0 N–H and O–H groups in total. The molecule has 0 atom stereocenters. The van der Waals surface area contributed by atoms with Crippen LogP contribution in [0.5, 0.6) is 0 Å². The van der Waals surface area contributed by atoms with Crippen LogP contribution in [0.2, 0.25) is 13.3 Å². The SMILES string of the molecule is CCC[CH2][SnH]([CH2]CCC)[CH2]CCCCCF. The van der Waals surface area contributed by atoms with Crippen molar-refractivity contribution in [3.8, 4) is 0 Å². The fourth-order valence-corrected chi connectivity index (χ4v) is 12.9. The molecule has 0 aromatic heterocycles. The van der Waals surface area contributed by atoms with E-state index in [1.807, 2.05) is 0 Å². The second kappa shape index (κ2) is 13.8. The van der Waals surface area contributed by atoms with E-state index in [4.69, 9.17) is 0 Å². The zero-order chi connectivity index (χ0) is 12.1. The van der Waals surface area contributed by atoms with Crippen LogP contribution < -0.4 is 0 Å². The molecule has 0 saturated heterocycles. The standard InChI is InChI=1S/C6H12F.2C4H9.Sn.H/c1-2-3-4-5-6-7;2*1-3-4-2;;/h1-6H2;2*1,3-4H2,2H3;;. The fraction of sp³-hybridized carbons (Fsp3) is 1.00. The first-order chi connectivity index (χ1) is 7.85. The molecule has 0 rings (SSSR count). The molecular formula is C14H31FSn. The second-order valence-electron chi connectivity index (χ2n) is 5.04. The van der Waals surface area contributed by atoms with Crippen LogP contribution in [-0.4, -0.2) is 26.4 Å². The Hall–Kier alpha value is 0.729. The van der Waals surface area contributed by atoms with Gasteiger partial charge in [-0.1, -0.05) is 0 Å². The second-order valence-corrected chi connectivity index (χ2v) is 14.9. The number of hydrogen-bond donors (Lipinski definition) is 0. The third kappa shape index (κ3) is 11.2. The van der Waals surface area contributed by atoms with Gasteiger partial charge in [-0.2, -0.15) is 0 Å². The van der Waals surface area contributed by atoms with Crippen LogP contribution in [0.4, 0.5) is 4.39 Å². The average Bonchev–Trinajstić information content (AvgIpc) is 2.31. The van der Waals surface area contributed by atoms with Gasteiger partial charge in [0.05, 0.1) is 0 Å². The van der Waals surface area contributed by atoms with Crippen LogP contribution in [0, 0.1) is 0 Å². The van der Waals surface area contributed by atoms with Gasteiger partial charge >= 0.3 is 109 Å². The Morgan fingerprint density at radius 2 is 1.19 bits per heavy atom. The molecule has 0 heterocycles. The van der Waals surface area contributed by atoms with Gasteiger partial charge in [-0.25, -0.2) is 0 Å². The first-order valence-corrected chi connectivity index (χ1v) is 14.4. The Labute approximate surface area is 109 Å². The van der Waals surface area contributed by atoms with E-state index in [9.17, 15) is 4.39 Å². The third-order valence-electron chi connectivity index (χ3n) is 3.43. The van der Waals surface area contributed by atoms with Gasteiger partial charge in [0.2, 0.25) is 0 Å². The molecule has 0 bridgehead atoms. The monoisotopic (exact) mass is 338 g/mol. The Morgan fingerprint density at radius 1 is 0.688 bits per heavy atom. The summed E-state index contributed by atoms with van der Waals surface area (Å²) in [5, 5.41) is 0.